The molecule has 0 aliphatic rings. The Morgan fingerprint density at radius 3 is 2.56 bits per heavy atom. The van der Waals surface area contributed by atoms with E-state index in [0.717, 1.165) is 29.8 Å². The minimum absolute atomic E-state index is 0.0723. The average Bonchev–Trinajstić information content (AvgIpc) is 2.68. The van der Waals surface area contributed by atoms with Crippen LogP contribution in [-0.2, 0) is 11.3 Å². The predicted octanol–water partition coefficient (Wildman–Crippen LogP) is 4.30. The molecular formula is C22H30N2O3. The summed E-state index contributed by atoms with van der Waals surface area (Å²) in [7, 11) is 1.60. The van der Waals surface area contributed by atoms with E-state index < -0.39 is 0 Å². The number of nitrogens with one attached hydrogen (secondary N) is 2. The number of hydrogen-bond acceptors (Lipinski definition) is 4. The van der Waals surface area contributed by atoms with Gasteiger partial charge < -0.3 is 20.1 Å². The molecule has 0 fully saturated rings. The lowest BCUT2D eigenvalue weighted by Crippen LogP contribution is -2.21. The van der Waals surface area contributed by atoms with Crippen LogP contribution >= 0.6 is 0 Å². The fourth-order valence-corrected chi connectivity index (χ4v) is 2.72. The van der Waals surface area contributed by atoms with Crippen LogP contribution in [-0.4, -0.2) is 26.2 Å². The molecule has 0 aliphatic heterocycles. The summed E-state index contributed by atoms with van der Waals surface area (Å²) in [5.41, 5.74) is 2.88. The lowest BCUT2D eigenvalue weighted by Gasteiger charge is -2.15. The maximum Gasteiger partial charge on any atom is 0.262 e. The average molecular weight is 370 g/mol. The molecule has 0 saturated heterocycles. The molecule has 5 nitrogen and oxygen atoms in total. The highest BCUT2D eigenvalue weighted by atomic mass is 16.5. The van der Waals surface area contributed by atoms with Gasteiger partial charge in [-0.2, -0.15) is 0 Å². The monoisotopic (exact) mass is 370 g/mol. The highest BCUT2D eigenvalue weighted by Crippen LogP contribution is 2.31. The smallest absolute Gasteiger partial charge is 0.262 e. The van der Waals surface area contributed by atoms with Crippen molar-refractivity contribution in [1.29, 1.82) is 0 Å². The minimum Gasteiger partial charge on any atom is -0.493 e. The molecule has 0 atom stereocenters. The molecule has 146 valence electrons. The van der Waals surface area contributed by atoms with Gasteiger partial charge >= 0.3 is 0 Å². The van der Waals surface area contributed by atoms with E-state index in [0.29, 0.717) is 18.0 Å². The van der Waals surface area contributed by atoms with E-state index in [2.05, 4.69) is 17.6 Å². The van der Waals surface area contributed by atoms with Crippen LogP contribution in [0.1, 0.15) is 37.3 Å². The van der Waals surface area contributed by atoms with Gasteiger partial charge in [0.1, 0.15) is 0 Å². The number of unbranched alkanes of at least 4 members (excludes halogenated alkanes) is 2. The van der Waals surface area contributed by atoms with Gasteiger partial charge in [0.15, 0.2) is 18.1 Å². The van der Waals surface area contributed by atoms with Crippen LogP contribution in [0, 0.1) is 6.92 Å². The molecule has 0 saturated carbocycles. The highest BCUT2D eigenvalue weighted by Gasteiger charge is 2.12. The minimum atomic E-state index is -0.202. The standard InChI is InChI=1S/C22H30N2O3/c1-4-5-6-14-23-15-18-8-7-9-20(26-3)22(18)27-16-21(25)24-19-12-10-17(2)11-13-19/h7-13,23H,4-6,14-16H2,1-3H3,(H,24,25). The van der Waals surface area contributed by atoms with Crippen LogP contribution in [0.25, 0.3) is 0 Å². The van der Waals surface area contributed by atoms with E-state index in [4.69, 9.17) is 9.47 Å². The number of para-hydroxylation sites is 1. The Morgan fingerprint density at radius 1 is 1.07 bits per heavy atom. The first-order valence-electron chi connectivity index (χ1n) is 9.50. The summed E-state index contributed by atoms with van der Waals surface area (Å²) in [6.45, 7) is 5.76. The van der Waals surface area contributed by atoms with E-state index >= 15 is 0 Å². The lowest BCUT2D eigenvalue weighted by molar-refractivity contribution is -0.118. The normalized spacial score (nSPS) is 10.5. The highest BCUT2D eigenvalue weighted by molar-refractivity contribution is 5.91. The molecule has 0 bridgehead atoms. The third-order valence-corrected chi connectivity index (χ3v) is 4.24. The number of hydrogen-bond donors (Lipinski definition) is 2. The summed E-state index contributed by atoms with van der Waals surface area (Å²) in [6, 6.07) is 13.4. The molecule has 0 aliphatic carbocycles. The van der Waals surface area contributed by atoms with Gasteiger partial charge in [0, 0.05) is 17.8 Å². The van der Waals surface area contributed by atoms with Crippen LogP contribution in [0.3, 0.4) is 0 Å². The summed E-state index contributed by atoms with van der Waals surface area (Å²) in [5, 5.41) is 6.27. The van der Waals surface area contributed by atoms with E-state index in [1.807, 2.05) is 49.4 Å². The Kier molecular flexibility index (Phi) is 8.65. The van der Waals surface area contributed by atoms with Crippen molar-refractivity contribution in [1.82, 2.24) is 5.32 Å². The molecule has 0 unspecified atom stereocenters. The second-order valence-electron chi connectivity index (χ2n) is 6.54. The lowest BCUT2D eigenvalue weighted by atomic mass is 10.1. The maximum atomic E-state index is 12.2. The molecule has 0 heterocycles. The number of rotatable bonds is 11. The molecule has 5 heteroatoms. The second kappa shape index (κ2) is 11.2. The number of benzene rings is 2. The van der Waals surface area contributed by atoms with E-state index in [1.165, 1.54) is 12.8 Å². The van der Waals surface area contributed by atoms with Crippen LogP contribution < -0.4 is 20.1 Å². The number of amides is 1. The topological polar surface area (TPSA) is 59.6 Å². The molecule has 0 radical (unpaired) electrons. The van der Waals surface area contributed by atoms with Gasteiger partial charge in [-0.05, 0) is 38.1 Å². The SMILES string of the molecule is CCCCCNCc1cccc(OC)c1OCC(=O)Nc1ccc(C)cc1. The summed E-state index contributed by atoms with van der Waals surface area (Å²) in [4.78, 5) is 12.2. The maximum absolute atomic E-state index is 12.2. The third-order valence-electron chi connectivity index (χ3n) is 4.24. The van der Waals surface area contributed by atoms with Gasteiger partial charge in [-0.3, -0.25) is 4.79 Å². The van der Waals surface area contributed by atoms with Crippen molar-refractivity contribution in [3.8, 4) is 11.5 Å². The zero-order valence-corrected chi connectivity index (χ0v) is 16.5. The Balaban J connectivity index is 1.94. The zero-order valence-electron chi connectivity index (χ0n) is 16.5. The van der Waals surface area contributed by atoms with Crippen molar-refractivity contribution in [3.05, 3.63) is 53.6 Å². The number of ether oxygens (including phenoxy) is 2. The molecule has 2 N–H and O–H groups in total. The fourth-order valence-electron chi connectivity index (χ4n) is 2.72. The van der Waals surface area contributed by atoms with Crippen LogP contribution in [0.5, 0.6) is 11.5 Å². The van der Waals surface area contributed by atoms with Crippen LogP contribution in [0.4, 0.5) is 5.69 Å². The molecule has 27 heavy (non-hydrogen) atoms. The van der Waals surface area contributed by atoms with Gasteiger partial charge in [0.05, 0.1) is 7.11 Å². The first-order valence-corrected chi connectivity index (χ1v) is 9.50. The number of aryl methyl sites for hydroxylation is 1. The van der Waals surface area contributed by atoms with Gasteiger partial charge in [0.2, 0.25) is 0 Å². The van der Waals surface area contributed by atoms with Crippen molar-refractivity contribution in [2.45, 2.75) is 39.7 Å². The van der Waals surface area contributed by atoms with Gasteiger partial charge in [-0.25, -0.2) is 0 Å². The fraction of sp³-hybridized carbons (Fsp3) is 0.409. The van der Waals surface area contributed by atoms with Gasteiger partial charge in [0.25, 0.3) is 5.91 Å². The van der Waals surface area contributed by atoms with Crippen molar-refractivity contribution in [2.24, 2.45) is 0 Å². The molecule has 2 aromatic rings. The van der Waals surface area contributed by atoms with Crippen molar-refractivity contribution in [3.63, 3.8) is 0 Å². The van der Waals surface area contributed by atoms with Gasteiger partial charge in [-0.15, -0.1) is 0 Å². The molecule has 2 aromatic carbocycles. The number of carbonyl (C=O) groups is 1. The molecular weight excluding hydrogens is 340 g/mol. The van der Waals surface area contributed by atoms with E-state index in [9.17, 15) is 4.79 Å². The number of methoxy groups -OCH3 is 1. The Hall–Kier alpha value is -2.53. The Morgan fingerprint density at radius 2 is 1.85 bits per heavy atom. The van der Waals surface area contributed by atoms with Crippen LogP contribution in [0.15, 0.2) is 42.5 Å². The third kappa shape index (κ3) is 6.94. The molecule has 2 rings (SSSR count). The van der Waals surface area contributed by atoms with Crippen molar-refractivity contribution in [2.75, 3.05) is 25.6 Å². The zero-order chi connectivity index (χ0) is 19.5. The molecule has 0 spiro atoms. The summed E-state index contributed by atoms with van der Waals surface area (Å²) < 4.78 is 11.2. The Labute approximate surface area is 162 Å². The van der Waals surface area contributed by atoms with Crippen molar-refractivity contribution >= 4 is 11.6 Å². The predicted molar refractivity (Wildman–Crippen MR) is 110 cm³/mol. The second-order valence-corrected chi connectivity index (χ2v) is 6.54. The number of anilines is 1. The van der Waals surface area contributed by atoms with E-state index in [-0.39, 0.29) is 12.5 Å². The Bertz CT molecular complexity index is 714. The summed E-state index contributed by atoms with van der Waals surface area (Å²) >= 11 is 0. The van der Waals surface area contributed by atoms with Crippen LogP contribution in [0.2, 0.25) is 0 Å². The molecule has 1 amide bonds. The van der Waals surface area contributed by atoms with Gasteiger partial charge in [-0.1, -0.05) is 49.6 Å². The number of carbonyl (C=O) groups excluding carboxylic acids is 1. The first-order chi connectivity index (χ1) is 13.1. The molecule has 0 aromatic heterocycles. The first kappa shape index (κ1) is 20.8. The quantitative estimate of drug-likeness (QED) is 0.579. The van der Waals surface area contributed by atoms with Crippen molar-refractivity contribution < 1.29 is 14.3 Å². The largest absolute Gasteiger partial charge is 0.493 e. The van der Waals surface area contributed by atoms with E-state index in [1.54, 1.807) is 7.11 Å². The summed E-state index contributed by atoms with van der Waals surface area (Å²) in [6.07, 6.45) is 3.56. The summed E-state index contributed by atoms with van der Waals surface area (Å²) in [5.74, 6) is 1.04.